The summed E-state index contributed by atoms with van der Waals surface area (Å²) in [7, 11) is -3.22. The van der Waals surface area contributed by atoms with Gasteiger partial charge in [0.25, 0.3) is 0 Å². The maximum Gasteiger partial charge on any atom is 0.175 e. The number of piperazine rings is 1. The van der Waals surface area contributed by atoms with Crippen molar-refractivity contribution in [2.24, 2.45) is 0 Å². The Bertz CT molecular complexity index is 850. The number of rotatable bonds is 5. The Hall–Kier alpha value is -1.67. The second kappa shape index (κ2) is 7.92. The molecule has 1 aliphatic heterocycles. The molecule has 1 aromatic heterocycles. The fourth-order valence-corrected chi connectivity index (χ4v) is 3.95. The van der Waals surface area contributed by atoms with Gasteiger partial charge in [-0.1, -0.05) is 23.7 Å². The Kier molecular flexibility index (Phi) is 5.82. The summed E-state index contributed by atoms with van der Waals surface area (Å²) in [4.78, 5) is 8.68. The number of aliphatic hydroxyl groups excluding tert-OH is 1. The zero-order valence-electron chi connectivity index (χ0n) is 14.5. The van der Waals surface area contributed by atoms with E-state index in [9.17, 15) is 13.5 Å². The molecule has 0 radical (unpaired) electrons. The van der Waals surface area contributed by atoms with E-state index in [2.05, 4.69) is 14.8 Å². The third-order valence-electron chi connectivity index (χ3n) is 4.59. The zero-order chi connectivity index (χ0) is 18.7. The second-order valence-electron chi connectivity index (χ2n) is 6.47. The van der Waals surface area contributed by atoms with Gasteiger partial charge in [-0.25, -0.2) is 8.42 Å². The second-order valence-corrected chi connectivity index (χ2v) is 8.89. The summed E-state index contributed by atoms with van der Waals surface area (Å²) in [5.41, 5.74) is 1.70. The Morgan fingerprint density at radius 1 is 1.15 bits per heavy atom. The van der Waals surface area contributed by atoms with Crippen molar-refractivity contribution < 1.29 is 13.5 Å². The zero-order valence-corrected chi connectivity index (χ0v) is 16.1. The molecule has 0 spiro atoms. The standard InChI is InChI=1S/C18H22ClN3O3S/c1-26(24,25)15-4-2-14(3-5-15)18(23)13-21-8-10-22(11-9-21)17-6-7-20-12-16(17)19/h2-7,12,18,23H,8-11,13H2,1H3. The van der Waals surface area contributed by atoms with E-state index >= 15 is 0 Å². The third-order valence-corrected chi connectivity index (χ3v) is 6.01. The molecular formula is C18H22ClN3O3S. The van der Waals surface area contributed by atoms with E-state index in [1.54, 1.807) is 24.5 Å². The monoisotopic (exact) mass is 395 g/mol. The van der Waals surface area contributed by atoms with E-state index < -0.39 is 15.9 Å². The molecule has 140 valence electrons. The molecule has 2 heterocycles. The van der Waals surface area contributed by atoms with Gasteiger partial charge >= 0.3 is 0 Å². The van der Waals surface area contributed by atoms with Crippen LogP contribution in [0, 0.1) is 0 Å². The van der Waals surface area contributed by atoms with Crippen molar-refractivity contribution in [2.45, 2.75) is 11.0 Å². The number of aliphatic hydroxyl groups is 1. The molecular weight excluding hydrogens is 374 g/mol. The van der Waals surface area contributed by atoms with Gasteiger partial charge in [0.1, 0.15) is 0 Å². The number of β-amino-alcohol motifs (C(OH)–C–C–N with tert-alkyl or cyclic N) is 1. The molecule has 1 N–H and O–H groups in total. The Morgan fingerprint density at radius 3 is 2.38 bits per heavy atom. The lowest BCUT2D eigenvalue weighted by Crippen LogP contribution is -2.47. The first-order valence-electron chi connectivity index (χ1n) is 8.39. The molecule has 0 bridgehead atoms. The Balaban J connectivity index is 1.56. The lowest BCUT2D eigenvalue weighted by molar-refractivity contribution is 0.109. The van der Waals surface area contributed by atoms with Gasteiger partial charge in [0.2, 0.25) is 0 Å². The molecule has 0 amide bonds. The fraction of sp³-hybridized carbons (Fsp3) is 0.389. The third kappa shape index (κ3) is 4.54. The summed E-state index contributed by atoms with van der Waals surface area (Å²) in [6, 6.07) is 8.34. The van der Waals surface area contributed by atoms with Gasteiger partial charge in [0.05, 0.1) is 21.7 Å². The number of halogens is 1. The topological polar surface area (TPSA) is 73.7 Å². The average Bonchev–Trinajstić information content (AvgIpc) is 2.62. The van der Waals surface area contributed by atoms with Crippen LogP contribution in [0.15, 0.2) is 47.6 Å². The summed E-state index contributed by atoms with van der Waals surface area (Å²) in [5.74, 6) is 0. The van der Waals surface area contributed by atoms with Gasteiger partial charge in [0, 0.05) is 51.4 Å². The van der Waals surface area contributed by atoms with Gasteiger partial charge in [-0.2, -0.15) is 0 Å². The lowest BCUT2D eigenvalue weighted by Gasteiger charge is -2.37. The van der Waals surface area contributed by atoms with E-state index in [1.807, 2.05) is 6.07 Å². The minimum atomic E-state index is -3.22. The lowest BCUT2D eigenvalue weighted by atomic mass is 10.1. The minimum absolute atomic E-state index is 0.260. The number of pyridine rings is 1. The van der Waals surface area contributed by atoms with Crippen LogP contribution in [0.2, 0.25) is 5.02 Å². The molecule has 1 aliphatic rings. The van der Waals surface area contributed by atoms with Crippen LogP contribution in [0.25, 0.3) is 0 Å². The van der Waals surface area contributed by atoms with Crippen LogP contribution in [0.5, 0.6) is 0 Å². The highest BCUT2D eigenvalue weighted by Gasteiger charge is 2.21. The average molecular weight is 396 g/mol. The molecule has 0 saturated carbocycles. The van der Waals surface area contributed by atoms with Gasteiger partial charge < -0.3 is 10.0 Å². The van der Waals surface area contributed by atoms with Crippen LogP contribution in [0.4, 0.5) is 5.69 Å². The number of aromatic nitrogens is 1. The SMILES string of the molecule is CS(=O)(=O)c1ccc(C(O)CN2CCN(c3ccncc3Cl)CC2)cc1. The highest BCUT2D eigenvalue weighted by molar-refractivity contribution is 7.90. The van der Waals surface area contributed by atoms with Crippen LogP contribution in [0.3, 0.4) is 0 Å². The Morgan fingerprint density at radius 2 is 1.81 bits per heavy atom. The molecule has 1 atom stereocenters. The summed E-state index contributed by atoms with van der Waals surface area (Å²) in [6.45, 7) is 3.79. The van der Waals surface area contributed by atoms with Crippen molar-refractivity contribution in [3.8, 4) is 0 Å². The first-order chi connectivity index (χ1) is 12.3. The molecule has 1 unspecified atom stereocenters. The van der Waals surface area contributed by atoms with Crippen molar-refractivity contribution in [2.75, 3.05) is 43.9 Å². The van der Waals surface area contributed by atoms with E-state index in [4.69, 9.17) is 11.6 Å². The molecule has 26 heavy (non-hydrogen) atoms. The van der Waals surface area contributed by atoms with Gasteiger partial charge in [-0.05, 0) is 23.8 Å². The number of sulfone groups is 1. The van der Waals surface area contributed by atoms with E-state index in [0.29, 0.717) is 11.6 Å². The van der Waals surface area contributed by atoms with Crippen molar-refractivity contribution in [1.82, 2.24) is 9.88 Å². The summed E-state index contributed by atoms with van der Waals surface area (Å²) in [6.07, 6.45) is 3.90. The smallest absolute Gasteiger partial charge is 0.175 e. The van der Waals surface area contributed by atoms with Gasteiger partial charge in [-0.15, -0.1) is 0 Å². The number of hydrogen-bond acceptors (Lipinski definition) is 6. The van der Waals surface area contributed by atoms with E-state index in [1.165, 1.54) is 18.4 Å². The first kappa shape index (κ1) is 19.1. The van der Waals surface area contributed by atoms with E-state index in [-0.39, 0.29) is 4.90 Å². The van der Waals surface area contributed by atoms with Crippen LogP contribution >= 0.6 is 11.6 Å². The summed E-state index contributed by atoms with van der Waals surface area (Å²) >= 11 is 6.20. The van der Waals surface area contributed by atoms with Crippen molar-refractivity contribution in [1.29, 1.82) is 0 Å². The van der Waals surface area contributed by atoms with Gasteiger partial charge in [-0.3, -0.25) is 9.88 Å². The Labute approximate surface area is 158 Å². The van der Waals surface area contributed by atoms with Crippen LogP contribution < -0.4 is 4.90 Å². The fourth-order valence-electron chi connectivity index (χ4n) is 3.08. The van der Waals surface area contributed by atoms with Crippen LogP contribution in [-0.4, -0.2) is 62.4 Å². The molecule has 8 heteroatoms. The van der Waals surface area contributed by atoms with E-state index in [0.717, 1.165) is 37.4 Å². The minimum Gasteiger partial charge on any atom is -0.387 e. The van der Waals surface area contributed by atoms with Crippen LogP contribution in [0.1, 0.15) is 11.7 Å². The molecule has 0 aliphatic carbocycles. The van der Waals surface area contributed by atoms with Crippen molar-refractivity contribution >= 4 is 27.1 Å². The molecule has 3 rings (SSSR count). The predicted octanol–water partition coefficient (Wildman–Crippen LogP) is 1.99. The molecule has 1 aromatic carbocycles. The highest BCUT2D eigenvalue weighted by Crippen LogP contribution is 2.25. The summed E-state index contributed by atoms with van der Waals surface area (Å²) < 4.78 is 23.0. The number of benzene rings is 1. The maximum absolute atomic E-state index is 11.5. The predicted molar refractivity (Wildman–Crippen MR) is 102 cm³/mol. The first-order valence-corrected chi connectivity index (χ1v) is 10.7. The number of hydrogen-bond donors (Lipinski definition) is 1. The van der Waals surface area contributed by atoms with Gasteiger partial charge in [0.15, 0.2) is 9.84 Å². The molecule has 1 fully saturated rings. The molecule has 2 aromatic rings. The van der Waals surface area contributed by atoms with Crippen molar-refractivity contribution in [3.05, 3.63) is 53.3 Å². The highest BCUT2D eigenvalue weighted by atomic mass is 35.5. The number of anilines is 1. The van der Waals surface area contributed by atoms with Crippen LogP contribution in [-0.2, 0) is 9.84 Å². The number of nitrogens with zero attached hydrogens (tertiary/aromatic N) is 3. The largest absolute Gasteiger partial charge is 0.387 e. The summed E-state index contributed by atoms with van der Waals surface area (Å²) in [5, 5.41) is 11.1. The normalized spacial score (nSPS) is 17.3. The van der Waals surface area contributed by atoms with Crippen molar-refractivity contribution in [3.63, 3.8) is 0 Å². The quantitative estimate of drug-likeness (QED) is 0.834. The maximum atomic E-state index is 11.5. The molecule has 1 saturated heterocycles. The molecule has 6 nitrogen and oxygen atoms in total.